The van der Waals surface area contributed by atoms with Crippen molar-refractivity contribution in [2.45, 2.75) is 59.9 Å². The topological polar surface area (TPSA) is 68.0 Å². The van der Waals surface area contributed by atoms with Crippen LogP contribution in [0.25, 0.3) is 12.2 Å². The number of nitrogens with zero attached hydrogens (tertiary/aromatic N) is 2. The maximum Gasteiger partial charge on any atom is 0.263 e. The van der Waals surface area contributed by atoms with E-state index in [1.54, 1.807) is 0 Å². The van der Waals surface area contributed by atoms with E-state index in [9.17, 15) is 4.79 Å². The van der Waals surface area contributed by atoms with Crippen LogP contribution in [0.1, 0.15) is 71.0 Å². The van der Waals surface area contributed by atoms with Gasteiger partial charge in [-0.25, -0.2) is 4.98 Å². The Bertz CT molecular complexity index is 729. The van der Waals surface area contributed by atoms with Crippen LogP contribution in [0.15, 0.2) is 4.52 Å². The molecule has 1 amide bonds. The fraction of sp³-hybridized carbons (Fsp3) is 0.500. The van der Waals surface area contributed by atoms with E-state index < -0.39 is 0 Å². The summed E-state index contributed by atoms with van der Waals surface area (Å²) in [7, 11) is 0. The summed E-state index contributed by atoms with van der Waals surface area (Å²) < 4.78 is 5.31. The highest BCUT2D eigenvalue weighted by Gasteiger charge is 2.15. The Kier molecular flexibility index (Phi) is 6.31. The fourth-order valence-corrected chi connectivity index (χ4v) is 3.22. The Morgan fingerprint density at radius 1 is 1.33 bits per heavy atom. The largest absolute Gasteiger partial charge is 0.361 e. The molecule has 0 aliphatic heterocycles. The quantitative estimate of drug-likeness (QED) is 0.806. The predicted octanol–water partition coefficient (Wildman–Crippen LogP) is 4.40. The standard InChI is InChI=1S/C18H25N3O2S/c1-6-7-8-15-14(13(5)23-21-15)9-10-16-20-12(4)17(24-16)18(22)19-11(2)3/h9-11H,6-8H2,1-5H3,(H,19,22). The molecule has 0 aromatic carbocycles. The molecule has 5 nitrogen and oxygen atoms in total. The molecule has 24 heavy (non-hydrogen) atoms. The van der Waals surface area contributed by atoms with Gasteiger partial charge in [-0.3, -0.25) is 4.79 Å². The number of nitrogens with one attached hydrogen (secondary N) is 1. The van der Waals surface area contributed by atoms with Gasteiger partial charge in [0, 0.05) is 11.6 Å². The van der Waals surface area contributed by atoms with Gasteiger partial charge in [0.25, 0.3) is 5.91 Å². The molecule has 0 fully saturated rings. The summed E-state index contributed by atoms with van der Waals surface area (Å²) in [6, 6.07) is 0.110. The first-order valence-corrected chi connectivity index (χ1v) is 9.15. The zero-order valence-electron chi connectivity index (χ0n) is 15.0. The second kappa shape index (κ2) is 8.24. The Morgan fingerprint density at radius 3 is 2.75 bits per heavy atom. The number of carbonyl (C=O) groups excluding carboxylic acids is 1. The van der Waals surface area contributed by atoms with Gasteiger partial charge in [0.1, 0.15) is 15.6 Å². The highest BCUT2D eigenvalue weighted by molar-refractivity contribution is 7.14. The number of unbranched alkanes of at least 4 members (excludes halogenated alkanes) is 1. The number of carbonyl (C=O) groups is 1. The van der Waals surface area contributed by atoms with Crippen molar-refractivity contribution >= 4 is 29.4 Å². The average Bonchev–Trinajstić information content (AvgIpc) is 3.05. The zero-order chi connectivity index (χ0) is 17.7. The molecule has 1 N–H and O–H groups in total. The van der Waals surface area contributed by atoms with Crippen molar-refractivity contribution < 1.29 is 9.32 Å². The molecular formula is C18H25N3O2S. The normalized spacial score (nSPS) is 11.6. The molecule has 0 radical (unpaired) electrons. The Balaban J connectivity index is 2.18. The Morgan fingerprint density at radius 2 is 2.08 bits per heavy atom. The number of rotatable bonds is 7. The molecular weight excluding hydrogens is 322 g/mol. The molecule has 6 heteroatoms. The SMILES string of the molecule is CCCCc1noc(C)c1C=Cc1nc(C)c(C(=O)NC(C)C)s1. The third kappa shape index (κ3) is 4.54. The number of aryl methyl sites for hydroxylation is 3. The second-order valence-electron chi connectivity index (χ2n) is 6.13. The molecule has 2 heterocycles. The first kappa shape index (κ1) is 18.4. The molecule has 2 aromatic rings. The van der Waals surface area contributed by atoms with Crippen LogP contribution in [-0.4, -0.2) is 22.1 Å². The van der Waals surface area contributed by atoms with Crippen molar-refractivity contribution in [2.75, 3.05) is 0 Å². The van der Waals surface area contributed by atoms with E-state index in [1.165, 1.54) is 11.3 Å². The minimum atomic E-state index is -0.0653. The summed E-state index contributed by atoms with van der Waals surface area (Å²) in [5.41, 5.74) is 2.76. The number of thiazole rings is 1. The van der Waals surface area contributed by atoms with Gasteiger partial charge < -0.3 is 9.84 Å². The van der Waals surface area contributed by atoms with E-state index in [4.69, 9.17) is 4.52 Å². The number of hydrogen-bond acceptors (Lipinski definition) is 5. The molecule has 0 unspecified atom stereocenters. The van der Waals surface area contributed by atoms with Crippen molar-refractivity contribution in [2.24, 2.45) is 0 Å². The van der Waals surface area contributed by atoms with Gasteiger partial charge in [0.15, 0.2) is 0 Å². The van der Waals surface area contributed by atoms with E-state index in [0.717, 1.165) is 47.0 Å². The van der Waals surface area contributed by atoms with E-state index in [-0.39, 0.29) is 11.9 Å². The molecule has 0 bridgehead atoms. The lowest BCUT2D eigenvalue weighted by Gasteiger charge is -2.06. The first-order valence-electron chi connectivity index (χ1n) is 8.33. The van der Waals surface area contributed by atoms with Crippen molar-refractivity contribution in [3.05, 3.63) is 32.6 Å². The lowest BCUT2D eigenvalue weighted by Crippen LogP contribution is -2.29. The van der Waals surface area contributed by atoms with Crippen molar-refractivity contribution in [3.63, 3.8) is 0 Å². The highest BCUT2D eigenvalue weighted by atomic mass is 32.1. The van der Waals surface area contributed by atoms with Crippen LogP contribution in [-0.2, 0) is 6.42 Å². The molecule has 2 aromatic heterocycles. The summed E-state index contributed by atoms with van der Waals surface area (Å²) in [6.45, 7) is 9.82. The van der Waals surface area contributed by atoms with E-state index in [1.807, 2.05) is 39.8 Å². The number of hydrogen-bond donors (Lipinski definition) is 1. The summed E-state index contributed by atoms with van der Waals surface area (Å²) in [5.74, 6) is 0.743. The van der Waals surface area contributed by atoms with Crippen LogP contribution in [0.3, 0.4) is 0 Å². The van der Waals surface area contributed by atoms with Crippen LogP contribution >= 0.6 is 11.3 Å². The second-order valence-corrected chi connectivity index (χ2v) is 7.16. The van der Waals surface area contributed by atoms with Crippen molar-refractivity contribution in [1.82, 2.24) is 15.5 Å². The van der Waals surface area contributed by atoms with Crippen LogP contribution < -0.4 is 5.32 Å². The number of amides is 1. The average molecular weight is 347 g/mol. The monoisotopic (exact) mass is 347 g/mol. The van der Waals surface area contributed by atoms with Gasteiger partial charge in [-0.15, -0.1) is 11.3 Å². The van der Waals surface area contributed by atoms with Crippen LogP contribution in [0.4, 0.5) is 0 Å². The molecule has 0 saturated heterocycles. The van der Waals surface area contributed by atoms with Crippen LogP contribution in [0.2, 0.25) is 0 Å². The van der Waals surface area contributed by atoms with Gasteiger partial charge in [0.2, 0.25) is 0 Å². The van der Waals surface area contributed by atoms with Crippen LogP contribution in [0, 0.1) is 13.8 Å². The van der Waals surface area contributed by atoms with Crippen LogP contribution in [0.5, 0.6) is 0 Å². The number of aromatic nitrogens is 2. The minimum absolute atomic E-state index is 0.0653. The van der Waals surface area contributed by atoms with Gasteiger partial charge in [-0.1, -0.05) is 18.5 Å². The summed E-state index contributed by atoms with van der Waals surface area (Å²) in [6.07, 6.45) is 7.03. The molecule has 0 aliphatic carbocycles. The third-order valence-corrected chi connectivity index (χ3v) is 4.70. The van der Waals surface area contributed by atoms with E-state index in [2.05, 4.69) is 22.4 Å². The van der Waals surface area contributed by atoms with Crippen molar-refractivity contribution in [3.8, 4) is 0 Å². The molecule has 0 aliphatic rings. The molecule has 0 saturated carbocycles. The summed E-state index contributed by atoms with van der Waals surface area (Å²) in [4.78, 5) is 17.3. The van der Waals surface area contributed by atoms with Gasteiger partial charge in [-0.2, -0.15) is 0 Å². The smallest absolute Gasteiger partial charge is 0.263 e. The van der Waals surface area contributed by atoms with E-state index >= 15 is 0 Å². The summed E-state index contributed by atoms with van der Waals surface area (Å²) >= 11 is 1.40. The maximum atomic E-state index is 12.2. The van der Waals surface area contributed by atoms with Gasteiger partial charge >= 0.3 is 0 Å². The molecule has 0 spiro atoms. The lowest BCUT2D eigenvalue weighted by atomic mass is 10.1. The minimum Gasteiger partial charge on any atom is -0.361 e. The van der Waals surface area contributed by atoms with Gasteiger partial charge in [-0.05, 0) is 52.7 Å². The first-order chi connectivity index (χ1) is 11.4. The molecule has 2 rings (SSSR count). The lowest BCUT2D eigenvalue weighted by molar-refractivity contribution is 0.0946. The molecule has 0 atom stereocenters. The van der Waals surface area contributed by atoms with Gasteiger partial charge in [0.05, 0.1) is 11.4 Å². The molecule has 130 valence electrons. The highest BCUT2D eigenvalue weighted by Crippen LogP contribution is 2.23. The fourth-order valence-electron chi connectivity index (χ4n) is 2.34. The summed E-state index contributed by atoms with van der Waals surface area (Å²) in [5, 5.41) is 7.86. The Labute approximate surface area is 147 Å². The zero-order valence-corrected chi connectivity index (χ0v) is 15.8. The third-order valence-electron chi connectivity index (χ3n) is 3.58. The maximum absolute atomic E-state index is 12.2. The van der Waals surface area contributed by atoms with Crippen molar-refractivity contribution in [1.29, 1.82) is 0 Å². The Hall–Kier alpha value is -1.95. The predicted molar refractivity (Wildman–Crippen MR) is 98.2 cm³/mol. The van der Waals surface area contributed by atoms with E-state index in [0.29, 0.717) is 4.88 Å².